The van der Waals surface area contributed by atoms with Crippen molar-refractivity contribution in [3.8, 4) is 5.75 Å². The van der Waals surface area contributed by atoms with E-state index >= 15 is 0 Å². The van der Waals surface area contributed by atoms with E-state index in [1.54, 1.807) is 7.11 Å². The molecule has 2 aromatic carbocycles. The minimum absolute atomic E-state index is 0. The van der Waals surface area contributed by atoms with Gasteiger partial charge in [-0.1, -0.05) is 30.3 Å². The van der Waals surface area contributed by atoms with Crippen molar-refractivity contribution in [2.75, 3.05) is 12.4 Å². The minimum atomic E-state index is 0. The van der Waals surface area contributed by atoms with Crippen LogP contribution in [0.25, 0.3) is 10.9 Å². The second kappa shape index (κ2) is 8.04. The first kappa shape index (κ1) is 17.4. The molecule has 3 nitrogen and oxygen atoms in total. The van der Waals surface area contributed by atoms with Gasteiger partial charge in [-0.15, -0.1) is 24.0 Å². The highest BCUT2D eigenvalue weighted by Gasteiger charge is 2.07. The van der Waals surface area contributed by atoms with Crippen molar-refractivity contribution in [1.29, 1.82) is 0 Å². The lowest BCUT2D eigenvalue weighted by atomic mass is 10.1. The molecule has 0 aliphatic heterocycles. The number of aromatic nitrogens is 1. The molecule has 0 bridgehead atoms. The van der Waals surface area contributed by atoms with Crippen LogP contribution in [-0.2, 0) is 12.4 Å². The number of alkyl halides is 1. The third-order valence-electron chi connectivity index (χ3n) is 3.55. The van der Waals surface area contributed by atoms with Crippen LogP contribution >= 0.6 is 24.0 Å². The van der Waals surface area contributed by atoms with Gasteiger partial charge < -0.3 is 10.1 Å². The lowest BCUT2D eigenvalue weighted by Crippen LogP contribution is -2.04. The van der Waals surface area contributed by atoms with Gasteiger partial charge in [-0.3, -0.25) is 0 Å². The summed E-state index contributed by atoms with van der Waals surface area (Å²) in [5.41, 5.74) is 3.11. The molecule has 5 heteroatoms. The molecule has 1 aromatic heterocycles. The fourth-order valence-electron chi connectivity index (χ4n) is 2.36. The van der Waals surface area contributed by atoms with E-state index in [1.165, 1.54) is 5.56 Å². The highest BCUT2D eigenvalue weighted by molar-refractivity contribution is 6.17. The average molecular weight is 349 g/mol. The summed E-state index contributed by atoms with van der Waals surface area (Å²) in [5.74, 6) is 2.06. The number of fused-ring (bicyclic) bond motifs is 1. The number of halogens is 2. The second-order valence-corrected chi connectivity index (χ2v) is 5.29. The molecule has 1 heterocycles. The molecule has 0 saturated heterocycles. The number of benzene rings is 2. The van der Waals surface area contributed by atoms with Crippen molar-refractivity contribution < 1.29 is 4.74 Å². The highest BCUT2D eigenvalue weighted by atomic mass is 35.5. The Labute approximate surface area is 147 Å². The molecule has 0 aliphatic carbocycles. The molecule has 0 atom stereocenters. The third-order valence-corrected chi connectivity index (χ3v) is 3.84. The Balaban J connectivity index is 0.00000192. The van der Waals surface area contributed by atoms with Gasteiger partial charge in [0.05, 0.1) is 18.5 Å². The number of pyridine rings is 1. The van der Waals surface area contributed by atoms with Gasteiger partial charge in [0.25, 0.3) is 0 Å². The Kier molecular flexibility index (Phi) is 6.08. The summed E-state index contributed by atoms with van der Waals surface area (Å²) >= 11 is 6.08. The number of nitrogens with one attached hydrogen (secondary N) is 1. The first-order valence-electron chi connectivity index (χ1n) is 7.11. The number of rotatable bonds is 5. The quantitative estimate of drug-likeness (QED) is 0.657. The number of anilines is 1. The van der Waals surface area contributed by atoms with Crippen LogP contribution in [0.3, 0.4) is 0 Å². The molecule has 0 radical (unpaired) electrons. The zero-order valence-electron chi connectivity index (χ0n) is 12.8. The summed E-state index contributed by atoms with van der Waals surface area (Å²) in [6, 6.07) is 18.1. The maximum absolute atomic E-state index is 6.08. The Morgan fingerprint density at radius 3 is 2.57 bits per heavy atom. The summed E-state index contributed by atoms with van der Waals surface area (Å²) < 4.78 is 5.25. The van der Waals surface area contributed by atoms with Gasteiger partial charge in [-0.2, -0.15) is 0 Å². The Morgan fingerprint density at radius 1 is 1.09 bits per heavy atom. The molecular formula is C18H18Cl2N2O. The van der Waals surface area contributed by atoms with Crippen molar-refractivity contribution in [2.45, 2.75) is 12.4 Å². The average Bonchev–Trinajstić information content (AvgIpc) is 2.59. The topological polar surface area (TPSA) is 34.1 Å². The summed E-state index contributed by atoms with van der Waals surface area (Å²) in [7, 11) is 1.66. The number of ether oxygens (including phenoxy) is 1. The van der Waals surface area contributed by atoms with Gasteiger partial charge in [-0.05, 0) is 29.8 Å². The largest absolute Gasteiger partial charge is 0.497 e. The highest BCUT2D eigenvalue weighted by Crippen LogP contribution is 2.25. The zero-order valence-corrected chi connectivity index (χ0v) is 14.3. The lowest BCUT2D eigenvalue weighted by molar-refractivity contribution is 0.415. The molecule has 23 heavy (non-hydrogen) atoms. The van der Waals surface area contributed by atoms with Crippen LogP contribution in [0, 0.1) is 0 Å². The van der Waals surface area contributed by atoms with E-state index in [2.05, 4.69) is 28.5 Å². The molecule has 0 fully saturated rings. The van der Waals surface area contributed by atoms with Gasteiger partial charge in [0.2, 0.25) is 0 Å². The summed E-state index contributed by atoms with van der Waals surface area (Å²) in [4.78, 5) is 4.69. The fourth-order valence-corrected chi connectivity index (χ4v) is 2.57. The van der Waals surface area contributed by atoms with Gasteiger partial charge >= 0.3 is 0 Å². The molecule has 0 aliphatic rings. The molecule has 0 saturated carbocycles. The molecule has 3 aromatic rings. The van der Waals surface area contributed by atoms with Crippen LogP contribution in [0.5, 0.6) is 5.75 Å². The van der Waals surface area contributed by atoms with Crippen molar-refractivity contribution in [3.05, 3.63) is 65.7 Å². The van der Waals surface area contributed by atoms with E-state index in [1.807, 2.05) is 36.4 Å². The van der Waals surface area contributed by atoms with E-state index in [9.17, 15) is 0 Å². The summed E-state index contributed by atoms with van der Waals surface area (Å²) in [5, 5.41) is 4.40. The lowest BCUT2D eigenvalue weighted by Gasteiger charge is -2.12. The Morgan fingerprint density at radius 2 is 1.87 bits per heavy atom. The van der Waals surface area contributed by atoms with Crippen LogP contribution in [0.1, 0.15) is 11.1 Å². The monoisotopic (exact) mass is 348 g/mol. The molecule has 120 valence electrons. The van der Waals surface area contributed by atoms with Crippen molar-refractivity contribution in [3.63, 3.8) is 0 Å². The van der Waals surface area contributed by atoms with Crippen LogP contribution in [0.4, 0.5) is 5.82 Å². The van der Waals surface area contributed by atoms with E-state index in [-0.39, 0.29) is 12.4 Å². The second-order valence-electron chi connectivity index (χ2n) is 5.03. The van der Waals surface area contributed by atoms with Crippen molar-refractivity contribution >= 4 is 40.7 Å². The first-order valence-corrected chi connectivity index (χ1v) is 7.65. The van der Waals surface area contributed by atoms with Crippen LogP contribution < -0.4 is 10.1 Å². The number of hydrogen-bond donors (Lipinski definition) is 1. The van der Waals surface area contributed by atoms with Crippen LogP contribution in [0.2, 0.25) is 0 Å². The SMILES string of the molecule is COc1ccc2nc(NCc3ccccc3)c(CCl)cc2c1.Cl. The van der Waals surface area contributed by atoms with Gasteiger partial charge in [0, 0.05) is 17.5 Å². The van der Waals surface area contributed by atoms with Crippen molar-refractivity contribution in [2.24, 2.45) is 0 Å². The van der Waals surface area contributed by atoms with Gasteiger partial charge in [0.15, 0.2) is 0 Å². The molecule has 1 N–H and O–H groups in total. The van der Waals surface area contributed by atoms with Gasteiger partial charge in [-0.25, -0.2) is 4.98 Å². The van der Waals surface area contributed by atoms with E-state index < -0.39 is 0 Å². The van der Waals surface area contributed by atoms with E-state index in [4.69, 9.17) is 16.3 Å². The van der Waals surface area contributed by atoms with Crippen LogP contribution in [0.15, 0.2) is 54.6 Å². The van der Waals surface area contributed by atoms with Crippen LogP contribution in [-0.4, -0.2) is 12.1 Å². The molecule has 0 unspecified atom stereocenters. The Hall–Kier alpha value is -1.97. The van der Waals surface area contributed by atoms with Gasteiger partial charge in [0.1, 0.15) is 11.6 Å². The van der Waals surface area contributed by atoms with Crippen molar-refractivity contribution in [1.82, 2.24) is 4.98 Å². The normalized spacial score (nSPS) is 10.2. The maximum atomic E-state index is 6.08. The smallest absolute Gasteiger partial charge is 0.131 e. The first-order chi connectivity index (χ1) is 10.8. The fraction of sp³-hybridized carbons (Fsp3) is 0.167. The molecule has 0 amide bonds. The number of methoxy groups -OCH3 is 1. The third kappa shape index (κ3) is 4.06. The maximum Gasteiger partial charge on any atom is 0.131 e. The summed E-state index contributed by atoms with van der Waals surface area (Å²) in [6.07, 6.45) is 0. The molecule has 0 spiro atoms. The van der Waals surface area contributed by atoms with E-state index in [0.29, 0.717) is 5.88 Å². The zero-order chi connectivity index (χ0) is 15.4. The minimum Gasteiger partial charge on any atom is -0.497 e. The predicted octanol–water partition coefficient (Wildman–Crippen LogP) is 5.02. The number of hydrogen-bond acceptors (Lipinski definition) is 3. The molecular weight excluding hydrogens is 331 g/mol. The Bertz CT molecular complexity index is 779. The predicted molar refractivity (Wildman–Crippen MR) is 98.9 cm³/mol. The molecule has 3 rings (SSSR count). The summed E-state index contributed by atoms with van der Waals surface area (Å²) in [6.45, 7) is 0.722. The number of nitrogens with zero attached hydrogens (tertiary/aromatic N) is 1. The standard InChI is InChI=1S/C18H17ClN2O.ClH/c1-22-16-7-8-17-14(10-16)9-15(11-19)18(21-17)20-12-13-5-3-2-4-6-13;/h2-10H,11-12H2,1H3,(H,20,21);1H. The van der Waals surface area contributed by atoms with E-state index in [0.717, 1.165) is 34.6 Å².